The third-order valence-electron chi connectivity index (χ3n) is 3.99. The van der Waals surface area contributed by atoms with Crippen LogP contribution < -0.4 is 0 Å². The molecule has 0 aliphatic carbocycles. The highest BCUT2D eigenvalue weighted by molar-refractivity contribution is 9.10. The first-order valence-electron chi connectivity index (χ1n) is 7.51. The maximum Gasteiger partial charge on any atom is 0.279 e. The maximum absolute atomic E-state index is 12.7. The van der Waals surface area contributed by atoms with Gasteiger partial charge in [-0.15, -0.1) is 0 Å². The van der Waals surface area contributed by atoms with Crippen LogP contribution in [0.25, 0.3) is 0 Å². The van der Waals surface area contributed by atoms with Crippen LogP contribution in [0.5, 0.6) is 0 Å². The molecule has 0 aromatic heterocycles. The number of nitrogens with zero attached hydrogens (tertiary/aromatic N) is 2. The van der Waals surface area contributed by atoms with Crippen LogP contribution >= 0.6 is 15.9 Å². The molecule has 0 saturated heterocycles. The molecule has 0 unspecified atom stereocenters. The Morgan fingerprint density at radius 3 is 2.46 bits per heavy atom. The smallest absolute Gasteiger partial charge is 0.279 e. The van der Waals surface area contributed by atoms with Crippen LogP contribution in [0.15, 0.2) is 64.2 Å². The van der Waals surface area contributed by atoms with Gasteiger partial charge in [0.2, 0.25) is 0 Å². The van der Waals surface area contributed by atoms with Crippen LogP contribution in [0.1, 0.15) is 30.6 Å². The zero-order valence-corrected chi connectivity index (χ0v) is 14.6. The number of halogens is 1. The fourth-order valence-electron chi connectivity index (χ4n) is 2.79. The first kappa shape index (κ1) is 16.8. The van der Waals surface area contributed by atoms with E-state index in [1.54, 1.807) is 61.5 Å². The topological polar surface area (TPSA) is 73.1 Å². The monoisotopic (exact) mass is 388 g/mol. The Kier molecular flexibility index (Phi) is 4.54. The summed E-state index contributed by atoms with van der Waals surface area (Å²) in [6.07, 6.45) is -1.19. The molecule has 2 aromatic rings. The molecular weight excluding hydrogens is 372 g/mol. The average molecular weight is 389 g/mol. The van der Waals surface area contributed by atoms with Gasteiger partial charge < -0.3 is 10.2 Å². The Morgan fingerprint density at radius 2 is 1.83 bits per heavy atom. The van der Waals surface area contributed by atoms with E-state index in [4.69, 9.17) is 0 Å². The van der Waals surface area contributed by atoms with E-state index in [-0.39, 0.29) is 6.42 Å². The molecule has 0 fully saturated rings. The molecule has 1 heterocycles. The predicted molar refractivity (Wildman–Crippen MR) is 94.0 cm³/mol. The quantitative estimate of drug-likeness (QED) is 0.848. The molecule has 1 aliphatic heterocycles. The van der Waals surface area contributed by atoms with Crippen LogP contribution in [0.2, 0.25) is 0 Å². The number of aliphatic hydroxyl groups is 2. The van der Waals surface area contributed by atoms with Gasteiger partial charge >= 0.3 is 0 Å². The lowest BCUT2D eigenvalue weighted by molar-refractivity contribution is -0.167. The van der Waals surface area contributed by atoms with Gasteiger partial charge in [-0.3, -0.25) is 4.79 Å². The van der Waals surface area contributed by atoms with Crippen LogP contribution in [0.3, 0.4) is 0 Å². The molecule has 1 amide bonds. The third kappa shape index (κ3) is 3.00. The number of carbonyl (C=O) groups is 1. The number of hydrogen-bond acceptors (Lipinski definition) is 4. The normalized spacial score (nSPS) is 21.5. The van der Waals surface area contributed by atoms with E-state index < -0.39 is 17.7 Å². The maximum atomic E-state index is 12.7. The molecule has 6 heteroatoms. The Hall–Kier alpha value is -2.02. The molecule has 0 bridgehead atoms. The fraction of sp³-hybridized carbons (Fsp3) is 0.222. The number of hydrazone groups is 1. The Bertz CT molecular complexity index is 777. The predicted octanol–water partition coefficient (Wildman–Crippen LogP) is 2.94. The molecule has 2 N–H and O–H groups in total. The van der Waals surface area contributed by atoms with Gasteiger partial charge in [0, 0.05) is 22.2 Å². The minimum atomic E-state index is -1.60. The summed E-state index contributed by atoms with van der Waals surface area (Å²) in [5.41, 5.74) is 0.0202. The summed E-state index contributed by atoms with van der Waals surface area (Å²) in [6, 6.07) is 15.6. The summed E-state index contributed by atoms with van der Waals surface area (Å²) in [7, 11) is 0. The van der Waals surface area contributed by atoms with Crippen molar-refractivity contribution >= 4 is 27.5 Å². The second-order valence-corrected chi connectivity index (χ2v) is 6.71. The van der Waals surface area contributed by atoms with Crippen molar-refractivity contribution in [1.29, 1.82) is 0 Å². The minimum Gasteiger partial charge on any atom is -0.378 e. The van der Waals surface area contributed by atoms with Crippen LogP contribution in [-0.2, 0) is 10.5 Å². The standard InChI is InChI=1S/C18H17BrN2O3/c1-12-11-18(24,14-7-9-15(19)10-8-14)21(20-12)17(23)16(22)13-5-3-2-4-6-13/h2-10,16,22,24H,11H2,1H3/t16-,18+/m1/s1. The van der Waals surface area contributed by atoms with Gasteiger partial charge in [-0.05, 0) is 24.6 Å². The molecule has 124 valence electrons. The van der Waals surface area contributed by atoms with Crippen molar-refractivity contribution < 1.29 is 15.0 Å². The van der Waals surface area contributed by atoms with Gasteiger partial charge in [0.1, 0.15) is 0 Å². The van der Waals surface area contributed by atoms with Gasteiger partial charge in [0.15, 0.2) is 11.8 Å². The summed E-state index contributed by atoms with van der Waals surface area (Å²) >= 11 is 3.35. The molecule has 5 nitrogen and oxygen atoms in total. The van der Waals surface area contributed by atoms with Crippen molar-refractivity contribution in [2.24, 2.45) is 5.10 Å². The Balaban J connectivity index is 1.95. The Labute approximate surface area is 148 Å². The fourth-order valence-corrected chi connectivity index (χ4v) is 3.05. The number of hydrogen-bond donors (Lipinski definition) is 2. The van der Waals surface area contributed by atoms with E-state index in [1.807, 2.05) is 0 Å². The lowest BCUT2D eigenvalue weighted by atomic mass is 9.97. The van der Waals surface area contributed by atoms with E-state index >= 15 is 0 Å². The van der Waals surface area contributed by atoms with Crippen molar-refractivity contribution in [2.45, 2.75) is 25.2 Å². The third-order valence-corrected chi connectivity index (χ3v) is 4.52. The van der Waals surface area contributed by atoms with Crippen molar-refractivity contribution in [2.75, 3.05) is 0 Å². The van der Waals surface area contributed by atoms with Gasteiger partial charge in [0.05, 0.1) is 0 Å². The summed E-state index contributed by atoms with van der Waals surface area (Å²) in [5.74, 6) is -0.663. The highest BCUT2D eigenvalue weighted by atomic mass is 79.9. The molecule has 3 rings (SSSR count). The first-order chi connectivity index (χ1) is 11.4. The zero-order valence-electron chi connectivity index (χ0n) is 13.1. The second kappa shape index (κ2) is 6.47. The van der Waals surface area contributed by atoms with E-state index in [0.29, 0.717) is 16.8 Å². The first-order valence-corrected chi connectivity index (χ1v) is 8.31. The highest BCUT2D eigenvalue weighted by Gasteiger charge is 2.46. The van der Waals surface area contributed by atoms with Gasteiger partial charge in [-0.2, -0.15) is 10.1 Å². The lowest BCUT2D eigenvalue weighted by Gasteiger charge is -2.32. The molecule has 2 atom stereocenters. The van der Waals surface area contributed by atoms with Crippen molar-refractivity contribution in [3.8, 4) is 0 Å². The molecule has 2 aromatic carbocycles. The minimum absolute atomic E-state index is 0.196. The van der Waals surface area contributed by atoms with Crippen LogP contribution in [0, 0.1) is 0 Å². The largest absolute Gasteiger partial charge is 0.378 e. The number of benzene rings is 2. The summed E-state index contributed by atoms with van der Waals surface area (Å²) < 4.78 is 0.868. The van der Waals surface area contributed by atoms with E-state index in [2.05, 4.69) is 21.0 Å². The van der Waals surface area contributed by atoms with Gasteiger partial charge in [-0.25, -0.2) is 0 Å². The molecular formula is C18H17BrN2O3. The molecule has 0 radical (unpaired) electrons. The molecule has 24 heavy (non-hydrogen) atoms. The SMILES string of the molecule is CC1=NN(C(=O)[C@H](O)c2ccccc2)[C@@](O)(c2ccc(Br)cc2)C1. The summed E-state index contributed by atoms with van der Waals surface area (Å²) in [6.45, 7) is 1.74. The summed E-state index contributed by atoms with van der Waals surface area (Å²) in [5, 5.41) is 26.6. The number of amides is 1. The van der Waals surface area contributed by atoms with Crippen molar-refractivity contribution in [3.05, 3.63) is 70.2 Å². The second-order valence-electron chi connectivity index (χ2n) is 5.80. The average Bonchev–Trinajstić information content (AvgIpc) is 2.90. The van der Waals surface area contributed by atoms with E-state index in [1.165, 1.54) is 0 Å². The molecule has 1 aliphatic rings. The zero-order chi connectivity index (χ0) is 17.3. The molecule has 0 saturated carbocycles. The van der Waals surface area contributed by atoms with Gasteiger partial charge in [0.25, 0.3) is 5.91 Å². The van der Waals surface area contributed by atoms with Gasteiger partial charge in [-0.1, -0.05) is 58.4 Å². The van der Waals surface area contributed by atoms with E-state index in [0.717, 1.165) is 9.48 Å². The highest BCUT2D eigenvalue weighted by Crippen LogP contribution is 2.37. The van der Waals surface area contributed by atoms with Crippen molar-refractivity contribution in [1.82, 2.24) is 5.01 Å². The van der Waals surface area contributed by atoms with Crippen LogP contribution in [0.4, 0.5) is 0 Å². The molecule has 0 spiro atoms. The van der Waals surface area contributed by atoms with E-state index in [9.17, 15) is 15.0 Å². The van der Waals surface area contributed by atoms with Crippen LogP contribution in [-0.4, -0.2) is 26.8 Å². The number of aliphatic hydroxyl groups excluding tert-OH is 1. The number of carbonyl (C=O) groups excluding carboxylic acids is 1. The number of rotatable bonds is 3. The van der Waals surface area contributed by atoms with Crippen molar-refractivity contribution in [3.63, 3.8) is 0 Å². The lowest BCUT2D eigenvalue weighted by Crippen LogP contribution is -2.45. The Morgan fingerprint density at radius 1 is 1.21 bits per heavy atom. The summed E-state index contributed by atoms with van der Waals surface area (Å²) in [4.78, 5) is 12.7.